The smallest absolute Gasteiger partial charge is 0.255 e. The van der Waals surface area contributed by atoms with E-state index in [4.69, 9.17) is 18.0 Å². The zero-order valence-electron chi connectivity index (χ0n) is 26.2. The average Bonchev–Trinajstić information content (AvgIpc) is 3.00. The molecule has 1 amide bonds. The molecule has 3 aliphatic carbocycles. The second-order valence-electron chi connectivity index (χ2n) is 12.6. The second-order valence-corrected chi connectivity index (χ2v) is 13.0. The van der Waals surface area contributed by atoms with Crippen LogP contribution in [0.5, 0.6) is 5.75 Å². The number of aliphatic hydroxyl groups excluding tert-OH is 2. The average molecular weight is 658 g/mol. The molecule has 47 heavy (non-hydrogen) atoms. The van der Waals surface area contributed by atoms with Crippen molar-refractivity contribution in [2.24, 2.45) is 17.6 Å². The van der Waals surface area contributed by atoms with Gasteiger partial charge >= 0.3 is 0 Å². The molecule has 0 saturated heterocycles. The maximum absolute atomic E-state index is 14.2. The first kappa shape index (κ1) is 32.0. The molecule has 13 heteroatoms. The van der Waals surface area contributed by atoms with Gasteiger partial charge in [0.1, 0.15) is 22.8 Å². The number of aliphatic hydroxyl groups is 3. The molecule has 8 N–H and O–H groups in total. The molecule has 1 fully saturated rings. The number of hydrogen-bond acceptors (Lipinski definition) is 10. The minimum atomic E-state index is -2.72. The minimum absolute atomic E-state index is 0.00156. The highest BCUT2D eigenvalue weighted by molar-refractivity contribution is 7.80. The fraction of sp³-hybridized carbons (Fsp3) is 0.294. The van der Waals surface area contributed by atoms with E-state index in [1.54, 1.807) is 39.2 Å². The zero-order chi connectivity index (χ0) is 34.1. The number of hydrogen-bond donors (Lipinski definition) is 7. The van der Waals surface area contributed by atoms with Gasteiger partial charge in [0.15, 0.2) is 16.5 Å². The zero-order valence-corrected chi connectivity index (χ0v) is 27.0. The number of nitrogens with two attached hydrogens (primary N) is 1. The maximum Gasteiger partial charge on any atom is 0.255 e. The topological polar surface area (TPSA) is 189 Å². The van der Waals surface area contributed by atoms with Crippen LogP contribution in [0, 0.1) is 11.8 Å². The van der Waals surface area contributed by atoms with E-state index in [9.17, 15) is 34.8 Å². The molecule has 0 unspecified atom stereocenters. The maximum atomic E-state index is 14.2. The molecule has 3 aromatic carbocycles. The predicted molar refractivity (Wildman–Crippen MR) is 182 cm³/mol. The third-order valence-corrected chi connectivity index (χ3v) is 9.67. The number of thiocarbonyl (C=S) groups is 1. The summed E-state index contributed by atoms with van der Waals surface area (Å²) in [4.78, 5) is 43.1. The number of phenolic OH excluding ortho intramolecular Hbond substituents is 1. The van der Waals surface area contributed by atoms with Gasteiger partial charge in [0, 0.05) is 42.3 Å². The van der Waals surface area contributed by atoms with Crippen molar-refractivity contribution in [2.75, 3.05) is 43.7 Å². The number of nitrogens with one attached hydrogen (secondary N) is 2. The quantitative estimate of drug-likeness (QED) is 0.121. The van der Waals surface area contributed by atoms with Crippen molar-refractivity contribution in [3.8, 4) is 5.75 Å². The molecule has 0 aliphatic heterocycles. The van der Waals surface area contributed by atoms with Crippen molar-refractivity contribution < 1.29 is 34.8 Å². The van der Waals surface area contributed by atoms with Gasteiger partial charge in [0.2, 0.25) is 5.78 Å². The van der Waals surface area contributed by atoms with E-state index in [0.29, 0.717) is 11.3 Å². The Labute approximate surface area is 275 Å². The highest BCUT2D eigenvalue weighted by Crippen LogP contribution is 2.54. The molecule has 0 spiro atoms. The number of amides is 1. The van der Waals surface area contributed by atoms with Gasteiger partial charge in [0.05, 0.1) is 17.3 Å². The fourth-order valence-corrected chi connectivity index (χ4v) is 7.62. The summed E-state index contributed by atoms with van der Waals surface area (Å²) in [5, 5.41) is 54.6. The number of aromatic hydroxyl groups is 1. The monoisotopic (exact) mass is 657 g/mol. The summed E-state index contributed by atoms with van der Waals surface area (Å²) in [6, 6.07) is 14.0. The van der Waals surface area contributed by atoms with Crippen LogP contribution in [0.25, 0.3) is 16.5 Å². The van der Waals surface area contributed by atoms with Crippen molar-refractivity contribution in [3.05, 3.63) is 76.6 Å². The summed E-state index contributed by atoms with van der Waals surface area (Å²) in [5.74, 6) is -7.11. The number of anilines is 3. The van der Waals surface area contributed by atoms with E-state index in [-0.39, 0.29) is 40.5 Å². The Morgan fingerprint density at radius 3 is 2.32 bits per heavy atom. The molecule has 1 saturated carbocycles. The summed E-state index contributed by atoms with van der Waals surface area (Å²) in [7, 11) is 6.70. The van der Waals surface area contributed by atoms with Crippen LogP contribution in [0.1, 0.15) is 17.5 Å². The van der Waals surface area contributed by atoms with Crippen LogP contribution in [0.4, 0.5) is 17.1 Å². The lowest BCUT2D eigenvalue weighted by Crippen LogP contribution is -2.65. The van der Waals surface area contributed by atoms with Crippen LogP contribution >= 0.6 is 12.2 Å². The molecular weight excluding hydrogens is 622 g/mol. The largest absolute Gasteiger partial charge is 0.508 e. The second kappa shape index (κ2) is 11.4. The number of likely N-dealkylation sites (N-methyl/N-ethyl adjacent to an activating group) is 1. The van der Waals surface area contributed by atoms with Crippen molar-refractivity contribution in [3.63, 3.8) is 0 Å². The number of carbonyl (C=O) groups excluding carboxylic acids is 3. The van der Waals surface area contributed by atoms with Gasteiger partial charge in [0.25, 0.3) is 5.91 Å². The van der Waals surface area contributed by atoms with Gasteiger partial charge in [-0.2, -0.15) is 0 Å². The van der Waals surface area contributed by atoms with Crippen LogP contribution in [-0.2, 0) is 20.8 Å². The molecule has 0 heterocycles. The van der Waals surface area contributed by atoms with E-state index in [1.165, 1.54) is 4.90 Å². The summed E-state index contributed by atoms with van der Waals surface area (Å²) >= 11 is 5.60. The SMILES string of the molecule is CN(C)c1cc(NC(=S)Nc2cccc3ccccc23)c(O)c2c1C[C@H]1C[C@H]3[C@H](N(C)C)C(=O)C(C(N)=O)=C(O)[C@@]3(O)C(=O)C1=C2O. The first-order chi connectivity index (χ1) is 22.2. The molecule has 3 aliphatic rings. The number of primary amides is 1. The van der Waals surface area contributed by atoms with Crippen LogP contribution in [0.2, 0.25) is 0 Å². The predicted octanol–water partition coefficient (Wildman–Crippen LogP) is 2.99. The highest BCUT2D eigenvalue weighted by atomic mass is 32.1. The normalized spacial score (nSPS) is 23.7. The number of phenols is 1. The third kappa shape index (κ3) is 4.80. The van der Waals surface area contributed by atoms with Gasteiger partial charge in [-0.15, -0.1) is 0 Å². The van der Waals surface area contributed by atoms with Crippen LogP contribution < -0.4 is 21.3 Å². The minimum Gasteiger partial charge on any atom is -0.508 e. The fourth-order valence-electron chi connectivity index (χ4n) is 7.40. The van der Waals surface area contributed by atoms with Crippen molar-refractivity contribution >= 4 is 68.4 Å². The van der Waals surface area contributed by atoms with E-state index in [0.717, 1.165) is 16.5 Å². The number of benzene rings is 3. The number of carbonyl (C=O) groups is 3. The number of Topliss-reactive ketones (excluding diaryl/α,β-unsaturated/α-hetero) is 2. The molecule has 6 rings (SSSR count). The number of rotatable bonds is 5. The van der Waals surface area contributed by atoms with Crippen LogP contribution in [0.15, 0.2) is 65.4 Å². The Morgan fingerprint density at radius 2 is 1.66 bits per heavy atom. The molecule has 12 nitrogen and oxygen atoms in total. The summed E-state index contributed by atoms with van der Waals surface area (Å²) in [5.41, 5.74) is 3.61. The Bertz CT molecular complexity index is 1960. The van der Waals surface area contributed by atoms with Crippen molar-refractivity contribution in [2.45, 2.75) is 24.5 Å². The van der Waals surface area contributed by atoms with E-state index < -0.39 is 58.0 Å². The lowest BCUT2D eigenvalue weighted by Gasteiger charge is -2.50. The van der Waals surface area contributed by atoms with Gasteiger partial charge in [-0.05, 0) is 68.2 Å². The van der Waals surface area contributed by atoms with E-state index in [2.05, 4.69) is 10.6 Å². The van der Waals surface area contributed by atoms with E-state index >= 15 is 0 Å². The molecule has 244 valence electrons. The molecule has 0 aromatic heterocycles. The van der Waals surface area contributed by atoms with Crippen LogP contribution in [0.3, 0.4) is 0 Å². The molecule has 3 aromatic rings. The molecular formula is C34H35N5O7S. The summed E-state index contributed by atoms with van der Waals surface area (Å²) in [6.45, 7) is 0. The first-order valence-electron chi connectivity index (χ1n) is 14.9. The first-order valence-corrected chi connectivity index (χ1v) is 15.4. The third-order valence-electron chi connectivity index (χ3n) is 9.47. The molecule has 0 radical (unpaired) electrons. The van der Waals surface area contributed by atoms with Crippen molar-refractivity contribution in [1.29, 1.82) is 0 Å². The Morgan fingerprint density at radius 1 is 1.00 bits per heavy atom. The van der Waals surface area contributed by atoms with Gasteiger partial charge in [-0.25, -0.2) is 0 Å². The number of nitrogens with zero attached hydrogens (tertiary/aromatic N) is 2. The Hall–Kier alpha value is -4.98. The van der Waals surface area contributed by atoms with Gasteiger partial charge < -0.3 is 41.7 Å². The van der Waals surface area contributed by atoms with Crippen LogP contribution in [-0.4, -0.2) is 87.7 Å². The number of fused-ring (bicyclic) bond motifs is 4. The molecule has 4 atom stereocenters. The number of ketones is 2. The Balaban J connectivity index is 1.45. The summed E-state index contributed by atoms with van der Waals surface area (Å²) in [6.07, 6.45) is 0.160. The Kier molecular flexibility index (Phi) is 7.74. The lowest BCUT2D eigenvalue weighted by atomic mass is 9.57. The van der Waals surface area contributed by atoms with E-state index in [1.807, 2.05) is 42.5 Å². The van der Waals surface area contributed by atoms with Gasteiger partial charge in [-0.1, -0.05) is 36.4 Å². The van der Waals surface area contributed by atoms with Crippen molar-refractivity contribution in [1.82, 2.24) is 4.90 Å². The highest BCUT2D eigenvalue weighted by Gasteiger charge is 2.64. The standard InChI is InChI=1S/C34H35N5O7S/c1-38(2)22-14-21(37-33(47)36-20-11-7-9-15-8-5-6-10-17(15)20)27(40)24-18(22)12-16-13-19-26(39(3)4)29(42)25(32(35)45)31(44)34(19,46)30(43)23(16)28(24)41/h5-11,14,16,19,26,40-41,44,46H,12-13H2,1-4H3,(H2,35,45)(H2,36,37,47)/t16-,19-,26-,34-/m0/s1. The summed E-state index contributed by atoms with van der Waals surface area (Å²) < 4.78 is 0. The molecule has 0 bridgehead atoms. The van der Waals surface area contributed by atoms with Gasteiger partial charge in [-0.3, -0.25) is 19.3 Å². The lowest BCUT2D eigenvalue weighted by molar-refractivity contribution is -0.153.